The first-order valence-electron chi connectivity index (χ1n) is 4.48. The van der Waals surface area contributed by atoms with Gasteiger partial charge in [-0.05, 0) is 0 Å². The lowest BCUT2D eigenvalue weighted by Gasteiger charge is -2.13. The molecule has 0 amide bonds. The zero-order chi connectivity index (χ0) is 10.3. The molecule has 0 fully saturated rings. The van der Waals surface area contributed by atoms with Gasteiger partial charge in [0.25, 0.3) is 0 Å². The molecule has 4 heteroatoms. The van der Waals surface area contributed by atoms with E-state index in [1.807, 2.05) is 12.3 Å². The third-order valence-electron chi connectivity index (χ3n) is 2.06. The molecule has 0 aliphatic carbocycles. The van der Waals surface area contributed by atoms with Crippen LogP contribution in [0, 0.1) is 0 Å². The molecule has 0 radical (unpaired) electrons. The van der Waals surface area contributed by atoms with Crippen LogP contribution in [0.15, 0.2) is 18.5 Å². The van der Waals surface area contributed by atoms with Crippen molar-refractivity contribution in [1.29, 1.82) is 0 Å². The number of fused-ring (bicyclic) bond motifs is 1. The molecule has 0 aliphatic rings. The smallest absolute Gasteiger partial charge is 0.155 e. The molecule has 2 aromatic heterocycles. The number of rotatable bonds is 0. The average molecular weight is 210 g/mol. The predicted molar refractivity (Wildman–Crippen MR) is 56.7 cm³/mol. The highest BCUT2D eigenvalue weighted by atomic mass is 35.5. The number of halogens is 1. The molecule has 0 aliphatic heterocycles. The first kappa shape index (κ1) is 9.46. The Hall–Kier alpha value is -1.09. The van der Waals surface area contributed by atoms with Gasteiger partial charge in [-0.2, -0.15) is 5.10 Å². The molecule has 0 atom stereocenters. The maximum absolute atomic E-state index is 5.83. The first-order valence-corrected chi connectivity index (χ1v) is 4.86. The fraction of sp³-hybridized carbons (Fsp3) is 0.400. The van der Waals surface area contributed by atoms with Crippen molar-refractivity contribution in [1.82, 2.24) is 14.6 Å². The molecule has 0 saturated carbocycles. The van der Waals surface area contributed by atoms with Gasteiger partial charge < -0.3 is 0 Å². The van der Waals surface area contributed by atoms with Crippen LogP contribution in [-0.2, 0) is 5.41 Å². The molecule has 74 valence electrons. The highest BCUT2D eigenvalue weighted by Crippen LogP contribution is 2.21. The zero-order valence-corrected chi connectivity index (χ0v) is 9.21. The Morgan fingerprint density at radius 3 is 2.71 bits per heavy atom. The molecule has 3 nitrogen and oxygen atoms in total. The van der Waals surface area contributed by atoms with E-state index in [-0.39, 0.29) is 5.41 Å². The van der Waals surface area contributed by atoms with Crippen molar-refractivity contribution in [2.45, 2.75) is 26.2 Å². The minimum Gasteiger partial charge on any atom is -0.231 e. The summed E-state index contributed by atoms with van der Waals surface area (Å²) in [5.41, 5.74) is 1.86. The molecule has 0 aromatic carbocycles. The van der Waals surface area contributed by atoms with Gasteiger partial charge in [0, 0.05) is 11.5 Å². The Kier molecular flexibility index (Phi) is 2.00. The van der Waals surface area contributed by atoms with E-state index in [0.717, 1.165) is 11.3 Å². The number of imidazole rings is 1. The summed E-state index contributed by atoms with van der Waals surface area (Å²) < 4.78 is 1.74. The van der Waals surface area contributed by atoms with Gasteiger partial charge in [-0.15, -0.1) is 0 Å². The van der Waals surface area contributed by atoms with E-state index in [0.29, 0.717) is 5.02 Å². The average Bonchev–Trinajstić information content (AvgIpc) is 2.45. The Morgan fingerprint density at radius 1 is 1.36 bits per heavy atom. The molecule has 0 N–H and O–H groups in total. The second-order valence-corrected chi connectivity index (χ2v) is 4.79. The lowest BCUT2D eigenvalue weighted by Crippen LogP contribution is -2.11. The topological polar surface area (TPSA) is 30.2 Å². The highest BCUT2D eigenvalue weighted by Gasteiger charge is 2.17. The molecule has 0 saturated heterocycles. The van der Waals surface area contributed by atoms with Crippen LogP contribution in [0.1, 0.15) is 26.5 Å². The van der Waals surface area contributed by atoms with Crippen LogP contribution in [0.2, 0.25) is 5.02 Å². The monoisotopic (exact) mass is 209 g/mol. The maximum Gasteiger partial charge on any atom is 0.155 e. The van der Waals surface area contributed by atoms with Crippen LogP contribution < -0.4 is 0 Å². The van der Waals surface area contributed by atoms with Crippen molar-refractivity contribution in [2.75, 3.05) is 0 Å². The molecule has 0 unspecified atom stereocenters. The Bertz CT molecular complexity index is 468. The SMILES string of the molecule is CC(C)(C)c1cn2ncc(Cl)cc2n1. The Labute approximate surface area is 87.7 Å². The van der Waals surface area contributed by atoms with Gasteiger partial charge in [0.2, 0.25) is 0 Å². The third kappa shape index (κ3) is 1.60. The highest BCUT2D eigenvalue weighted by molar-refractivity contribution is 6.30. The van der Waals surface area contributed by atoms with Gasteiger partial charge in [0.1, 0.15) is 0 Å². The quantitative estimate of drug-likeness (QED) is 0.668. The normalized spacial score (nSPS) is 12.3. The van der Waals surface area contributed by atoms with Crippen molar-refractivity contribution in [3.8, 4) is 0 Å². The van der Waals surface area contributed by atoms with Crippen molar-refractivity contribution < 1.29 is 0 Å². The van der Waals surface area contributed by atoms with Gasteiger partial charge in [0.15, 0.2) is 5.65 Å². The fourth-order valence-electron chi connectivity index (χ4n) is 1.22. The number of nitrogens with zero attached hydrogens (tertiary/aromatic N) is 3. The summed E-state index contributed by atoms with van der Waals surface area (Å²) in [7, 11) is 0. The molecular formula is C10H12ClN3. The van der Waals surface area contributed by atoms with Crippen LogP contribution in [0.4, 0.5) is 0 Å². The summed E-state index contributed by atoms with van der Waals surface area (Å²) in [4.78, 5) is 4.46. The second-order valence-electron chi connectivity index (χ2n) is 4.35. The van der Waals surface area contributed by atoms with Crippen LogP contribution in [0.5, 0.6) is 0 Å². The molecular weight excluding hydrogens is 198 g/mol. The van der Waals surface area contributed by atoms with Crippen LogP contribution >= 0.6 is 11.6 Å². The maximum atomic E-state index is 5.83. The van der Waals surface area contributed by atoms with Gasteiger partial charge in [-0.3, -0.25) is 0 Å². The van der Waals surface area contributed by atoms with Crippen molar-refractivity contribution >= 4 is 17.2 Å². The summed E-state index contributed by atoms with van der Waals surface area (Å²) in [5.74, 6) is 0. The Balaban J connectivity index is 2.63. The minimum absolute atomic E-state index is 0.0418. The molecule has 14 heavy (non-hydrogen) atoms. The van der Waals surface area contributed by atoms with Gasteiger partial charge in [0.05, 0.1) is 23.1 Å². The van der Waals surface area contributed by atoms with E-state index in [4.69, 9.17) is 11.6 Å². The summed E-state index contributed by atoms with van der Waals surface area (Å²) >= 11 is 5.83. The molecule has 0 bridgehead atoms. The summed E-state index contributed by atoms with van der Waals surface area (Å²) in [6.45, 7) is 6.36. The lowest BCUT2D eigenvalue weighted by atomic mass is 9.93. The third-order valence-corrected chi connectivity index (χ3v) is 2.26. The fourth-order valence-corrected chi connectivity index (χ4v) is 1.36. The number of aromatic nitrogens is 3. The van der Waals surface area contributed by atoms with Crippen LogP contribution in [0.3, 0.4) is 0 Å². The zero-order valence-electron chi connectivity index (χ0n) is 8.45. The van der Waals surface area contributed by atoms with Crippen molar-refractivity contribution in [3.05, 3.63) is 29.2 Å². The van der Waals surface area contributed by atoms with E-state index < -0.39 is 0 Å². The van der Waals surface area contributed by atoms with Gasteiger partial charge in [-0.25, -0.2) is 9.50 Å². The van der Waals surface area contributed by atoms with Crippen LogP contribution in [-0.4, -0.2) is 14.6 Å². The lowest BCUT2D eigenvalue weighted by molar-refractivity contribution is 0.572. The number of hydrogen-bond acceptors (Lipinski definition) is 2. The first-order chi connectivity index (χ1) is 6.47. The molecule has 2 aromatic rings. The van der Waals surface area contributed by atoms with Gasteiger partial charge >= 0.3 is 0 Å². The van der Waals surface area contributed by atoms with E-state index in [1.54, 1.807) is 10.7 Å². The van der Waals surface area contributed by atoms with E-state index >= 15 is 0 Å². The van der Waals surface area contributed by atoms with Crippen molar-refractivity contribution in [3.63, 3.8) is 0 Å². The largest absolute Gasteiger partial charge is 0.231 e. The Morgan fingerprint density at radius 2 is 2.07 bits per heavy atom. The van der Waals surface area contributed by atoms with Crippen molar-refractivity contribution in [2.24, 2.45) is 0 Å². The molecule has 2 heterocycles. The number of hydrogen-bond donors (Lipinski definition) is 0. The van der Waals surface area contributed by atoms with Crippen LogP contribution in [0.25, 0.3) is 5.65 Å². The predicted octanol–water partition coefficient (Wildman–Crippen LogP) is 2.68. The summed E-state index contributed by atoms with van der Waals surface area (Å²) in [6, 6.07) is 1.81. The van der Waals surface area contributed by atoms with E-state index in [9.17, 15) is 0 Å². The summed E-state index contributed by atoms with van der Waals surface area (Å²) in [6.07, 6.45) is 3.55. The minimum atomic E-state index is 0.0418. The van der Waals surface area contributed by atoms with E-state index in [2.05, 4.69) is 30.9 Å². The standard InChI is InChI=1S/C10H12ClN3/c1-10(2,3)8-6-14-9(13-8)4-7(11)5-12-14/h4-6H,1-3H3. The molecule has 0 spiro atoms. The van der Waals surface area contributed by atoms with E-state index in [1.165, 1.54) is 0 Å². The second kappa shape index (κ2) is 2.95. The molecule has 2 rings (SSSR count). The summed E-state index contributed by atoms with van der Waals surface area (Å²) in [5, 5.41) is 4.75. The van der Waals surface area contributed by atoms with Gasteiger partial charge in [-0.1, -0.05) is 32.4 Å².